The molecule has 7 heteroatoms. The summed E-state index contributed by atoms with van der Waals surface area (Å²) >= 11 is 0. The molecule has 1 atom stereocenters. The van der Waals surface area contributed by atoms with Crippen molar-refractivity contribution < 1.29 is 9.26 Å². The van der Waals surface area contributed by atoms with E-state index in [1.54, 1.807) is 6.07 Å². The van der Waals surface area contributed by atoms with Gasteiger partial charge in [-0.25, -0.2) is 0 Å². The summed E-state index contributed by atoms with van der Waals surface area (Å²) in [5.74, 6) is 1.35. The number of H-pyrrole nitrogens is 1. The largest absolute Gasteiger partial charge is 0.382 e. The van der Waals surface area contributed by atoms with Crippen LogP contribution in [-0.2, 0) is 10.3 Å². The Bertz CT molecular complexity index is 541. The first-order valence-corrected chi connectivity index (χ1v) is 5.97. The maximum atomic E-state index is 5.77. The normalized spacial score (nSPS) is 24.3. The smallest absolute Gasteiger partial charge is 0.276 e. The number of nitrogen functional groups attached to an aromatic ring is 1. The molecular weight excluding hydrogens is 234 g/mol. The highest BCUT2D eigenvalue weighted by atomic mass is 16.5. The monoisotopic (exact) mass is 249 g/mol. The van der Waals surface area contributed by atoms with Gasteiger partial charge in [-0.15, -0.1) is 0 Å². The lowest BCUT2D eigenvalue weighted by Crippen LogP contribution is -2.31. The number of nitrogens with one attached hydrogen (secondary N) is 1. The molecule has 0 aliphatic carbocycles. The average Bonchev–Trinajstić information content (AvgIpc) is 2.98. The van der Waals surface area contributed by atoms with Gasteiger partial charge in [-0.1, -0.05) is 5.16 Å². The Morgan fingerprint density at radius 1 is 1.44 bits per heavy atom. The fourth-order valence-electron chi connectivity index (χ4n) is 2.10. The van der Waals surface area contributed by atoms with Crippen LogP contribution in [0, 0.1) is 0 Å². The van der Waals surface area contributed by atoms with E-state index in [-0.39, 0.29) is 0 Å². The Hall–Kier alpha value is -1.89. The van der Waals surface area contributed by atoms with Gasteiger partial charge in [0.05, 0.1) is 0 Å². The van der Waals surface area contributed by atoms with Gasteiger partial charge < -0.3 is 15.0 Å². The SMILES string of the molecule is CC1(c2noc(-c3cc(N)n[nH]3)n2)CCCCO1. The number of anilines is 1. The van der Waals surface area contributed by atoms with Gasteiger partial charge in [0.25, 0.3) is 5.89 Å². The average molecular weight is 249 g/mol. The van der Waals surface area contributed by atoms with Crippen molar-refractivity contribution in [3.8, 4) is 11.6 Å². The Morgan fingerprint density at radius 2 is 2.33 bits per heavy atom. The highest BCUT2D eigenvalue weighted by Gasteiger charge is 2.35. The summed E-state index contributed by atoms with van der Waals surface area (Å²) in [6, 6.07) is 1.65. The van der Waals surface area contributed by atoms with Crippen molar-refractivity contribution in [3.05, 3.63) is 11.9 Å². The van der Waals surface area contributed by atoms with Gasteiger partial charge in [-0.05, 0) is 26.2 Å². The van der Waals surface area contributed by atoms with Crippen LogP contribution < -0.4 is 5.73 Å². The molecule has 2 aromatic rings. The molecule has 3 rings (SSSR count). The molecule has 1 saturated heterocycles. The van der Waals surface area contributed by atoms with E-state index in [1.165, 1.54) is 0 Å². The predicted octanol–water partition coefficient (Wildman–Crippen LogP) is 1.46. The lowest BCUT2D eigenvalue weighted by atomic mass is 9.95. The minimum atomic E-state index is -0.453. The predicted molar refractivity (Wildman–Crippen MR) is 63.4 cm³/mol. The van der Waals surface area contributed by atoms with E-state index in [9.17, 15) is 0 Å². The number of hydrogen-bond donors (Lipinski definition) is 2. The lowest BCUT2D eigenvalue weighted by molar-refractivity contribution is -0.0770. The second-order valence-corrected chi connectivity index (χ2v) is 4.67. The van der Waals surface area contributed by atoms with E-state index in [0.29, 0.717) is 23.2 Å². The second kappa shape index (κ2) is 4.09. The second-order valence-electron chi connectivity index (χ2n) is 4.67. The fourth-order valence-corrected chi connectivity index (χ4v) is 2.10. The Kier molecular flexibility index (Phi) is 2.55. The van der Waals surface area contributed by atoms with Crippen LogP contribution in [0.3, 0.4) is 0 Å². The van der Waals surface area contributed by atoms with E-state index in [1.807, 2.05) is 6.92 Å². The molecule has 96 valence electrons. The van der Waals surface area contributed by atoms with Crippen molar-refractivity contribution in [3.63, 3.8) is 0 Å². The topological polar surface area (TPSA) is 103 Å². The van der Waals surface area contributed by atoms with E-state index >= 15 is 0 Å². The molecule has 7 nitrogen and oxygen atoms in total. The summed E-state index contributed by atoms with van der Waals surface area (Å²) in [5.41, 5.74) is 5.70. The third-order valence-electron chi connectivity index (χ3n) is 3.20. The highest BCUT2D eigenvalue weighted by molar-refractivity contribution is 5.51. The summed E-state index contributed by atoms with van der Waals surface area (Å²) in [5, 5.41) is 10.6. The first kappa shape index (κ1) is 11.2. The maximum Gasteiger partial charge on any atom is 0.276 e. The molecular formula is C11H15N5O2. The molecule has 1 unspecified atom stereocenters. The van der Waals surface area contributed by atoms with Gasteiger partial charge in [0.15, 0.2) is 0 Å². The van der Waals surface area contributed by atoms with Crippen LogP contribution in [0.5, 0.6) is 0 Å². The van der Waals surface area contributed by atoms with Gasteiger partial charge in [0.2, 0.25) is 5.82 Å². The zero-order valence-electron chi connectivity index (χ0n) is 10.1. The summed E-state index contributed by atoms with van der Waals surface area (Å²) in [7, 11) is 0. The summed E-state index contributed by atoms with van der Waals surface area (Å²) in [4.78, 5) is 4.36. The van der Waals surface area contributed by atoms with E-state index in [0.717, 1.165) is 25.9 Å². The first-order chi connectivity index (χ1) is 8.67. The zero-order chi connectivity index (χ0) is 12.6. The van der Waals surface area contributed by atoms with Crippen molar-refractivity contribution in [2.75, 3.05) is 12.3 Å². The van der Waals surface area contributed by atoms with Gasteiger partial charge in [-0.2, -0.15) is 10.1 Å². The quantitative estimate of drug-likeness (QED) is 0.835. The minimum Gasteiger partial charge on any atom is -0.382 e. The molecule has 0 spiro atoms. The molecule has 1 aliphatic heterocycles. The molecule has 1 aliphatic rings. The highest BCUT2D eigenvalue weighted by Crippen LogP contribution is 2.33. The third kappa shape index (κ3) is 1.86. The number of aromatic nitrogens is 4. The number of ether oxygens (including phenoxy) is 1. The van der Waals surface area contributed by atoms with Crippen LogP contribution in [0.1, 0.15) is 32.0 Å². The number of nitrogens with zero attached hydrogens (tertiary/aromatic N) is 3. The van der Waals surface area contributed by atoms with Crippen LogP contribution in [-0.4, -0.2) is 26.9 Å². The lowest BCUT2D eigenvalue weighted by Gasteiger charge is -2.30. The van der Waals surface area contributed by atoms with Crippen molar-refractivity contribution in [1.29, 1.82) is 0 Å². The Labute approximate surface area is 104 Å². The van der Waals surface area contributed by atoms with E-state index in [4.69, 9.17) is 15.0 Å². The van der Waals surface area contributed by atoms with E-state index in [2.05, 4.69) is 20.3 Å². The molecule has 2 aromatic heterocycles. The molecule has 0 saturated carbocycles. The fraction of sp³-hybridized carbons (Fsp3) is 0.545. The molecule has 1 fully saturated rings. The van der Waals surface area contributed by atoms with Crippen LogP contribution >= 0.6 is 0 Å². The maximum absolute atomic E-state index is 5.77. The molecule has 0 bridgehead atoms. The molecule has 0 radical (unpaired) electrons. The summed E-state index contributed by atoms with van der Waals surface area (Å²) < 4.78 is 11.0. The third-order valence-corrected chi connectivity index (χ3v) is 3.20. The molecule has 18 heavy (non-hydrogen) atoms. The molecule has 3 heterocycles. The summed E-state index contributed by atoms with van der Waals surface area (Å²) in [6.45, 7) is 2.72. The van der Waals surface area contributed by atoms with Crippen LogP contribution in [0.25, 0.3) is 11.6 Å². The van der Waals surface area contributed by atoms with Gasteiger partial charge in [-0.3, -0.25) is 5.10 Å². The van der Waals surface area contributed by atoms with Crippen molar-refractivity contribution in [2.45, 2.75) is 31.8 Å². The van der Waals surface area contributed by atoms with Gasteiger partial charge in [0.1, 0.15) is 17.1 Å². The molecule has 0 amide bonds. The molecule has 3 N–H and O–H groups in total. The minimum absolute atomic E-state index is 0.379. The number of hydrogen-bond acceptors (Lipinski definition) is 6. The van der Waals surface area contributed by atoms with Crippen molar-refractivity contribution in [1.82, 2.24) is 20.3 Å². The Balaban J connectivity index is 1.89. The van der Waals surface area contributed by atoms with Crippen LogP contribution in [0.2, 0.25) is 0 Å². The number of aromatic amines is 1. The number of nitrogens with two attached hydrogens (primary N) is 1. The van der Waals surface area contributed by atoms with Crippen molar-refractivity contribution in [2.24, 2.45) is 0 Å². The van der Waals surface area contributed by atoms with Gasteiger partial charge in [0, 0.05) is 12.7 Å². The first-order valence-electron chi connectivity index (χ1n) is 5.97. The van der Waals surface area contributed by atoms with Crippen LogP contribution in [0.4, 0.5) is 5.82 Å². The van der Waals surface area contributed by atoms with Crippen molar-refractivity contribution >= 4 is 5.82 Å². The van der Waals surface area contributed by atoms with E-state index < -0.39 is 5.60 Å². The standard InChI is InChI=1S/C11H15N5O2/c1-11(4-2-3-5-17-11)10-13-9(18-16-10)7-6-8(12)15-14-7/h6H,2-5H2,1H3,(H3,12,14,15). The number of rotatable bonds is 2. The summed E-state index contributed by atoms with van der Waals surface area (Å²) in [6.07, 6.45) is 3.09. The van der Waals surface area contributed by atoms with Crippen LogP contribution in [0.15, 0.2) is 10.6 Å². The van der Waals surface area contributed by atoms with Gasteiger partial charge >= 0.3 is 0 Å². The Morgan fingerprint density at radius 3 is 3.00 bits per heavy atom. The molecule has 0 aromatic carbocycles. The zero-order valence-corrected chi connectivity index (χ0v) is 10.1.